The van der Waals surface area contributed by atoms with E-state index in [1.165, 1.54) is 0 Å². The molecule has 2 aromatic rings. The first-order valence-corrected chi connectivity index (χ1v) is 10.8. The van der Waals surface area contributed by atoms with Gasteiger partial charge in [-0.3, -0.25) is 10.2 Å². The van der Waals surface area contributed by atoms with Gasteiger partial charge in [0.05, 0.1) is 6.04 Å². The molecule has 162 valence electrons. The maximum Gasteiger partial charge on any atom is 0.240 e. The molecule has 1 aromatic heterocycles. The SMILES string of the molecule is CCN(CCC(C)C)c1cc(N)nc(SC(=N)c2cccc(NC(=O)C(C)N)c2)n1. The lowest BCUT2D eigenvalue weighted by Crippen LogP contribution is -2.32. The van der Waals surface area contributed by atoms with Crippen molar-refractivity contribution >= 4 is 40.0 Å². The van der Waals surface area contributed by atoms with Crippen LogP contribution >= 0.6 is 11.8 Å². The lowest BCUT2D eigenvalue weighted by Gasteiger charge is -2.23. The van der Waals surface area contributed by atoms with Crippen LogP contribution in [0.1, 0.15) is 39.7 Å². The van der Waals surface area contributed by atoms with Gasteiger partial charge in [0.15, 0.2) is 5.16 Å². The predicted octanol–water partition coefficient (Wildman–Crippen LogP) is 3.33. The molecule has 6 N–H and O–H groups in total. The van der Waals surface area contributed by atoms with Crippen molar-refractivity contribution < 1.29 is 4.79 Å². The van der Waals surface area contributed by atoms with Gasteiger partial charge in [-0.1, -0.05) is 26.0 Å². The first-order chi connectivity index (χ1) is 14.2. The fourth-order valence-corrected chi connectivity index (χ4v) is 3.35. The molecule has 0 saturated heterocycles. The van der Waals surface area contributed by atoms with E-state index in [4.69, 9.17) is 16.9 Å². The number of thioether (sulfide) groups is 1. The summed E-state index contributed by atoms with van der Waals surface area (Å²) in [6.45, 7) is 9.77. The van der Waals surface area contributed by atoms with Crippen molar-refractivity contribution in [3.63, 3.8) is 0 Å². The minimum atomic E-state index is -0.612. The van der Waals surface area contributed by atoms with Gasteiger partial charge in [0.2, 0.25) is 5.91 Å². The predicted molar refractivity (Wildman–Crippen MR) is 125 cm³/mol. The molecule has 9 heteroatoms. The van der Waals surface area contributed by atoms with Gasteiger partial charge < -0.3 is 21.7 Å². The molecule has 0 radical (unpaired) electrons. The van der Waals surface area contributed by atoms with Gasteiger partial charge in [0.25, 0.3) is 0 Å². The number of aromatic nitrogens is 2. The zero-order valence-electron chi connectivity index (χ0n) is 18.0. The maximum absolute atomic E-state index is 11.8. The number of carbonyl (C=O) groups is 1. The van der Waals surface area contributed by atoms with Gasteiger partial charge >= 0.3 is 0 Å². The molecule has 2 rings (SSSR count). The van der Waals surface area contributed by atoms with Crippen LogP contribution in [0.25, 0.3) is 0 Å². The van der Waals surface area contributed by atoms with E-state index in [9.17, 15) is 4.79 Å². The molecule has 0 aliphatic rings. The summed E-state index contributed by atoms with van der Waals surface area (Å²) in [5, 5.41) is 11.9. The summed E-state index contributed by atoms with van der Waals surface area (Å²) in [5.41, 5.74) is 12.8. The zero-order chi connectivity index (χ0) is 22.3. The van der Waals surface area contributed by atoms with E-state index in [1.807, 2.05) is 0 Å². The Morgan fingerprint density at radius 1 is 1.27 bits per heavy atom. The molecule has 0 bridgehead atoms. The van der Waals surface area contributed by atoms with Gasteiger partial charge in [-0.05, 0) is 50.1 Å². The Bertz CT molecular complexity index is 885. The number of nitrogen functional groups attached to an aromatic ring is 1. The van der Waals surface area contributed by atoms with Crippen LogP contribution in [0.4, 0.5) is 17.3 Å². The summed E-state index contributed by atoms with van der Waals surface area (Å²) in [6.07, 6.45) is 1.05. The first kappa shape index (κ1) is 23.6. The van der Waals surface area contributed by atoms with Gasteiger partial charge in [-0.2, -0.15) is 0 Å². The maximum atomic E-state index is 11.8. The summed E-state index contributed by atoms with van der Waals surface area (Å²) in [7, 11) is 0. The Kier molecular flexibility index (Phi) is 8.61. The van der Waals surface area contributed by atoms with Crippen molar-refractivity contribution in [2.45, 2.75) is 45.3 Å². The van der Waals surface area contributed by atoms with Crippen molar-refractivity contribution in [1.82, 2.24) is 9.97 Å². The lowest BCUT2D eigenvalue weighted by molar-refractivity contribution is -0.117. The number of hydrogen-bond acceptors (Lipinski definition) is 8. The van der Waals surface area contributed by atoms with E-state index in [0.29, 0.717) is 28.1 Å². The lowest BCUT2D eigenvalue weighted by atomic mass is 10.1. The van der Waals surface area contributed by atoms with E-state index in [0.717, 1.165) is 37.1 Å². The number of anilines is 3. The number of nitrogens with zero attached hydrogens (tertiary/aromatic N) is 3. The quantitative estimate of drug-likeness (QED) is 0.208. The van der Waals surface area contributed by atoms with Gasteiger partial charge in [0, 0.05) is 30.4 Å². The Hall–Kier alpha value is -2.65. The third-order valence-electron chi connectivity index (χ3n) is 4.39. The molecule has 1 unspecified atom stereocenters. The molecule has 0 fully saturated rings. The summed E-state index contributed by atoms with van der Waals surface area (Å²) in [4.78, 5) is 22.9. The standard InChI is InChI=1S/C21H31N7OS/c1-5-28(10-9-13(2)3)18-12-17(23)26-21(27-18)30-19(24)15-7-6-8-16(11-15)25-20(29)14(4)22/h6-8,11-14,24H,5,9-10,22H2,1-4H3,(H,25,29)(H2,23,26,27). The highest BCUT2D eigenvalue weighted by Gasteiger charge is 2.14. The monoisotopic (exact) mass is 429 g/mol. The molecule has 8 nitrogen and oxygen atoms in total. The Balaban J connectivity index is 2.17. The second-order valence-corrected chi connectivity index (χ2v) is 8.46. The van der Waals surface area contributed by atoms with Crippen molar-refractivity contribution in [2.75, 3.05) is 29.0 Å². The van der Waals surface area contributed by atoms with Gasteiger partial charge in [-0.15, -0.1) is 0 Å². The summed E-state index contributed by atoms with van der Waals surface area (Å²) in [5.74, 6) is 1.45. The average molecular weight is 430 g/mol. The highest BCUT2D eigenvalue weighted by molar-refractivity contribution is 8.14. The number of nitrogens with one attached hydrogen (secondary N) is 2. The third kappa shape index (κ3) is 7.00. The highest BCUT2D eigenvalue weighted by atomic mass is 32.2. The van der Waals surface area contributed by atoms with Crippen LogP contribution in [0.3, 0.4) is 0 Å². The fraction of sp³-hybridized carbons (Fsp3) is 0.429. The van der Waals surface area contributed by atoms with E-state index in [2.05, 4.69) is 41.0 Å². The van der Waals surface area contributed by atoms with E-state index in [-0.39, 0.29) is 11.0 Å². The smallest absolute Gasteiger partial charge is 0.240 e. The number of nitrogens with two attached hydrogens (primary N) is 2. The molecular weight excluding hydrogens is 398 g/mol. The minimum absolute atomic E-state index is 0.258. The molecule has 1 aromatic carbocycles. The summed E-state index contributed by atoms with van der Waals surface area (Å²) < 4.78 is 0. The number of hydrogen-bond donors (Lipinski definition) is 4. The van der Waals surface area contributed by atoms with Gasteiger partial charge in [0.1, 0.15) is 16.7 Å². The average Bonchev–Trinajstić information content (AvgIpc) is 2.68. The molecule has 0 aliphatic carbocycles. The number of benzene rings is 1. The summed E-state index contributed by atoms with van der Waals surface area (Å²) in [6, 6.07) is 8.21. The molecule has 1 heterocycles. The topological polar surface area (TPSA) is 134 Å². The molecule has 30 heavy (non-hydrogen) atoms. The highest BCUT2D eigenvalue weighted by Crippen LogP contribution is 2.25. The van der Waals surface area contributed by atoms with Crippen LogP contribution < -0.4 is 21.7 Å². The second kappa shape index (κ2) is 10.9. The normalized spacial score (nSPS) is 11.9. The molecule has 1 atom stereocenters. The van der Waals surface area contributed by atoms with E-state index < -0.39 is 6.04 Å². The largest absolute Gasteiger partial charge is 0.383 e. The van der Waals surface area contributed by atoms with Crippen LogP contribution in [0.15, 0.2) is 35.5 Å². The number of carbonyl (C=O) groups excluding carboxylic acids is 1. The molecule has 0 saturated carbocycles. The van der Waals surface area contributed by atoms with Crippen molar-refractivity contribution in [1.29, 1.82) is 5.41 Å². The Morgan fingerprint density at radius 3 is 2.63 bits per heavy atom. The number of amides is 1. The van der Waals surface area contributed by atoms with Crippen molar-refractivity contribution in [3.8, 4) is 0 Å². The van der Waals surface area contributed by atoms with Crippen LogP contribution in [-0.4, -0.2) is 40.1 Å². The van der Waals surface area contributed by atoms with Crippen molar-refractivity contribution in [3.05, 3.63) is 35.9 Å². The molecule has 1 amide bonds. The summed E-state index contributed by atoms with van der Waals surface area (Å²) >= 11 is 1.13. The van der Waals surface area contributed by atoms with E-state index >= 15 is 0 Å². The Morgan fingerprint density at radius 2 is 2.00 bits per heavy atom. The molecule has 0 aliphatic heterocycles. The van der Waals surface area contributed by atoms with Crippen LogP contribution in [0, 0.1) is 11.3 Å². The number of rotatable bonds is 9. The van der Waals surface area contributed by atoms with Crippen molar-refractivity contribution in [2.24, 2.45) is 11.7 Å². The minimum Gasteiger partial charge on any atom is -0.383 e. The van der Waals surface area contributed by atoms with Gasteiger partial charge in [-0.25, -0.2) is 9.97 Å². The zero-order valence-corrected chi connectivity index (χ0v) is 18.8. The Labute approximate surface area is 182 Å². The molecule has 0 spiro atoms. The fourth-order valence-electron chi connectivity index (χ4n) is 2.63. The van der Waals surface area contributed by atoms with E-state index in [1.54, 1.807) is 37.3 Å². The van der Waals surface area contributed by atoms with Crippen LogP contribution in [0.5, 0.6) is 0 Å². The van der Waals surface area contributed by atoms with Crippen LogP contribution in [0.2, 0.25) is 0 Å². The second-order valence-electron chi connectivity index (χ2n) is 7.49. The van der Waals surface area contributed by atoms with Crippen LogP contribution in [-0.2, 0) is 4.79 Å². The third-order valence-corrected chi connectivity index (χ3v) is 5.20. The molecular formula is C21H31N7OS. The first-order valence-electron chi connectivity index (χ1n) is 10.0.